The third-order valence-electron chi connectivity index (χ3n) is 4.16. The number of oxime groups is 1. The second kappa shape index (κ2) is 6.92. The zero-order chi connectivity index (χ0) is 15.4. The Bertz CT molecular complexity index is 478. The summed E-state index contributed by atoms with van der Waals surface area (Å²) in [5.74, 6) is 5.01. The molecule has 0 aliphatic heterocycles. The number of fused-ring (bicyclic) bond motifs is 1. The minimum Gasteiger partial charge on any atom is -0.481 e. The van der Waals surface area contributed by atoms with E-state index < -0.39 is 18.2 Å². The maximum atomic E-state index is 10.4. The van der Waals surface area contributed by atoms with Crippen molar-refractivity contribution in [3.63, 3.8) is 0 Å². The van der Waals surface area contributed by atoms with Crippen LogP contribution >= 0.6 is 0 Å². The Morgan fingerprint density at radius 2 is 2.33 bits per heavy atom. The molecule has 116 valence electrons. The van der Waals surface area contributed by atoms with Gasteiger partial charge in [-0.1, -0.05) is 23.9 Å². The van der Waals surface area contributed by atoms with Gasteiger partial charge in [0.15, 0.2) is 0 Å². The molecule has 0 aromatic heterocycles. The largest absolute Gasteiger partial charge is 0.481 e. The van der Waals surface area contributed by atoms with E-state index in [9.17, 15) is 15.0 Å². The molecule has 5 atom stereocenters. The van der Waals surface area contributed by atoms with E-state index in [1.54, 1.807) is 0 Å². The van der Waals surface area contributed by atoms with Crippen molar-refractivity contribution in [3.05, 3.63) is 0 Å². The lowest BCUT2D eigenvalue weighted by molar-refractivity contribution is -0.138. The van der Waals surface area contributed by atoms with E-state index in [-0.39, 0.29) is 30.8 Å². The van der Waals surface area contributed by atoms with Gasteiger partial charge in [-0.2, -0.15) is 0 Å². The first-order valence-electron chi connectivity index (χ1n) is 7.30. The Morgan fingerprint density at radius 3 is 3.00 bits per heavy atom. The molecule has 21 heavy (non-hydrogen) atoms. The van der Waals surface area contributed by atoms with E-state index in [4.69, 9.17) is 9.94 Å². The minimum absolute atomic E-state index is 0.0602. The molecule has 5 unspecified atom stereocenters. The van der Waals surface area contributed by atoms with Crippen LogP contribution in [-0.2, 0) is 9.63 Å². The lowest BCUT2D eigenvalue weighted by atomic mass is 9.73. The molecule has 0 radical (unpaired) electrons. The number of hydrogen-bond acceptors (Lipinski definition) is 5. The van der Waals surface area contributed by atoms with Crippen molar-refractivity contribution in [2.45, 2.75) is 44.8 Å². The fraction of sp³-hybridized carbons (Fsp3) is 0.733. The molecular weight excluding hydrogens is 274 g/mol. The Labute approximate surface area is 123 Å². The van der Waals surface area contributed by atoms with Crippen LogP contribution in [-0.4, -0.2) is 45.8 Å². The highest BCUT2D eigenvalue weighted by molar-refractivity contribution is 5.93. The van der Waals surface area contributed by atoms with Crippen molar-refractivity contribution in [3.8, 4) is 11.8 Å². The lowest BCUT2D eigenvalue weighted by Gasteiger charge is -2.33. The summed E-state index contributed by atoms with van der Waals surface area (Å²) in [4.78, 5) is 15.3. The average molecular weight is 295 g/mol. The number of aliphatic hydroxyl groups excluding tert-OH is 2. The summed E-state index contributed by atoms with van der Waals surface area (Å²) < 4.78 is 0. The summed E-state index contributed by atoms with van der Waals surface area (Å²) in [5.41, 5.74) is 0.879. The number of hydrogen-bond donors (Lipinski definition) is 3. The Kier molecular flexibility index (Phi) is 5.21. The zero-order valence-corrected chi connectivity index (χ0v) is 12.0. The first kappa shape index (κ1) is 15.8. The maximum absolute atomic E-state index is 10.4. The van der Waals surface area contributed by atoms with Crippen molar-refractivity contribution < 1.29 is 25.0 Å². The molecule has 2 aliphatic rings. The van der Waals surface area contributed by atoms with E-state index in [1.165, 1.54) is 0 Å². The van der Waals surface area contributed by atoms with Gasteiger partial charge in [-0.3, -0.25) is 4.79 Å². The molecule has 6 heteroatoms. The van der Waals surface area contributed by atoms with E-state index in [0.717, 1.165) is 12.1 Å². The number of nitrogens with zero attached hydrogens (tertiary/aromatic N) is 1. The van der Waals surface area contributed by atoms with Crippen LogP contribution in [0.15, 0.2) is 5.16 Å². The molecule has 0 bridgehead atoms. The molecule has 0 heterocycles. The van der Waals surface area contributed by atoms with Gasteiger partial charge >= 0.3 is 5.97 Å². The highest BCUT2D eigenvalue weighted by Crippen LogP contribution is 2.47. The highest BCUT2D eigenvalue weighted by atomic mass is 16.6. The SMILES string of the molecule is CCC(O)C#CC1CC2C(=NOCCC(=O)O)CC2C1O. The summed E-state index contributed by atoms with van der Waals surface area (Å²) in [5, 5.41) is 32.1. The van der Waals surface area contributed by atoms with Gasteiger partial charge in [-0.15, -0.1) is 0 Å². The average Bonchev–Trinajstić information content (AvgIpc) is 2.67. The normalized spacial score (nSPS) is 33.6. The van der Waals surface area contributed by atoms with Crippen molar-refractivity contribution in [2.24, 2.45) is 22.9 Å². The molecule has 0 saturated heterocycles. The topological polar surface area (TPSA) is 99.4 Å². The van der Waals surface area contributed by atoms with Crippen molar-refractivity contribution in [1.29, 1.82) is 0 Å². The predicted octanol–water partition coefficient (Wildman–Crippen LogP) is 0.625. The summed E-state index contributed by atoms with van der Waals surface area (Å²) >= 11 is 0. The quantitative estimate of drug-likeness (QED) is 0.392. The minimum atomic E-state index is -0.914. The van der Waals surface area contributed by atoms with Gasteiger partial charge in [-0.05, 0) is 25.2 Å². The van der Waals surface area contributed by atoms with Crippen LogP contribution in [0, 0.1) is 29.6 Å². The molecule has 2 rings (SSSR count). The van der Waals surface area contributed by atoms with E-state index in [2.05, 4.69) is 17.0 Å². The highest BCUT2D eigenvalue weighted by Gasteiger charge is 2.51. The number of rotatable bonds is 5. The predicted molar refractivity (Wildman–Crippen MR) is 75.4 cm³/mol. The Balaban J connectivity index is 1.85. The smallest absolute Gasteiger partial charge is 0.306 e. The number of carboxylic acid groups (broad SMARTS) is 1. The van der Waals surface area contributed by atoms with Crippen LogP contribution in [0.4, 0.5) is 0 Å². The monoisotopic (exact) mass is 295 g/mol. The van der Waals surface area contributed by atoms with Gasteiger partial charge in [0.25, 0.3) is 0 Å². The molecule has 0 aromatic rings. The number of aliphatic hydroxyl groups is 2. The van der Waals surface area contributed by atoms with E-state index in [0.29, 0.717) is 12.8 Å². The van der Waals surface area contributed by atoms with Gasteiger partial charge in [0.05, 0.1) is 18.2 Å². The fourth-order valence-corrected chi connectivity index (χ4v) is 2.82. The molecule has 2 aliphatic carbocycles. The molecule has 3 N–H and O–H groups in total. The molecule has 0 amide bonds. The molecular formula is C15H21NO5. The summed E-state index contributed by atoms with van der Waals surface area (Å²) in [6.45, 7) is 1.91. The maximum Gasteiger partial charge on any atom is 0.306 e. The number of carboxylic acids is 1. The lowest BCUT2D eigenvalue weighted by Crippen LogP contribution is -2.38. The molecule has 0 spiro atoms. The number of carbonyl (C=O) groups is 1. The van der Waals surface area contributed by atoms with Gasteiger partial charge in [0.1, 0.15) is 12.7 Å². The van der Waals surface area contributed by atoms with E-state index >= 15 is 0 Å². The second-order valence-corrected chi connectivity index (χ2v) is 5.58. The van der Waals surface area contributed by atoms with Gasteiger partial charge in [-0.25, -0.2) is 0 Å². The second-order valence-electron chi connectivity index (χ2n) is 5.58. The van der Waals surface area contributed by atoms with Crippen LogP contribution in [0.2, 0.25) is 0 Å². The van der Waals surface area contributed by atoms with Crippen LogP contribution < -0.4 is 0 Å². The fourth-order valence-electron chi connectivity index (χ4n) is 2.82. The molecule has 2 fully saturated rings. The first-order chi connectivity index (χ1) is 10.0. The Morgan fingerprint density at radius 1 is 1.57 bits per heavy atom. The van der Waals surface area contributed by atoms with Crippen molar-refractivity contribution in [2.75, 3.05) is 6.61 Å². The van der Waals surface area contributed by atoms with Crippen LogP contribution in [0.3, 0.4) is 0 Å². The van der Waals surface area contributed by atoms with Crippen LogP contribution in [0.5, 0.6) is 0 Å². The summed E-state index contributed by atoms with van der Waals surface area (Å²) in [6.07, 6.45) is 0.778. The number of aliphatic carboxylic acids is 1. The standard InChI is InChI=1S/C15H21NO5/c1-2-10(17)4-3-9-7-11-12(15(9)20)8-13(11)16-21-6-5-14(18)19/h9-12,15,17,20H,2,5-8H2,1H3,(H,18,19). The summed E-state index contributed by atoms with van der Waals surface area (Å²) in [7, 11) is 0. The van der Waals surface area contributed by atoms with Gasteiger partial charge in [0, 0.05) is 11.8 Å². The first-order valence-corrected chi connectivity index (χ1v) is 7.30. The third kappa shape index (κ3) is 3.74. The third-order valence-corrected chi connectivity index (χ3v) is 4.16. The van der Waals surface area contributed by atoms with Gasteiger partial charge in [0.2, 0.25) is 0 Å². The van der Waals surface area contributed by atoms with Crippen LogP contribution in [0.1, 0.15) is 32.6 Å². The summed E-state index contributed by atoms with van der Waals surface area (Å²) in [6, 6.07) is 0. The van der Waals surface area contributed by atoms with Gasteiger partial charge < -0.3 is 20.2 Å². The Hall–Kier alpha value is -1.58. The molecule has 6 nitrogen and oxygen atoms in total. The molecule has 0 aromatic carbocycles. The van der Waals surface area contributed by atoms with Crippen LogP contribution in [0.25, 0.3) is 0 Å². The van der Waals surface area contributed by atoms with Crippen molar-refractivity contribution >= 4 is 11.7 Å². The molecule has 2 saturated carbocycles. The van der Waals surface area contributed by atoms with Crippen molar-refractivity contribution in [1.82, 2.24) is 0 Å². The van der Waals surface area contributed by atoms with E-state index in [1.807, 2.05) is 6.92 Å². The zero-order valence-electron chi connectivity index (χ0n) is 12.0.